The normalized spacial score (nSPS) is 10.5. The van der Waals surface area contributed by atoms with E-state index in [4.69, 9.17) is 16.2 Å². The SMILES string of the molecule is Cn1nc(-c2ccc(Oc3ccccc3)nc2)c(C(N)=O)c1N. The number of amides is 1. The summed E-state index contributed by atoms with van der Waals surface area (Å²) in [6.07, 6.45) is 1.56. The molecule has 2 heterocycles. The molecule has 116 valence electrons. The van der Waals surface area contributed by atoms with Crippen LogP contribution < -0.4 is 16.2 Å². The third-order valence-corrected chi connectivity index (χ3v) is 3.31. The van der Waals surface area contributed by atoms with Crippen LogP contribution >= 0.6 is 0 Å². The maximum Gasteiger partial charge on any atom is 0.254 e. The molecule has 7 nitrogen and oxygen atoms in total. The second kappa shape index (κ2) is 5.80. The van der Waals surface area contributed by atoms with Crippen molar-refractivity contribution in [2.45, 2.75) is 0 Å². The summed E-state index contributed by atoms with van der Waals surface area (Å²) in [5, 5.41) is 4.23. The number of rotatable bonds is 4. The molecule has 0 radical (unpaired) electrons. The summed E-state index contributed by atoms with van der Waals surface area (Å²) in [5.74, 6) is 0.712. The van der Waals surface area contributed by atoms with Gasteiger partial charge < -0.3 is 16.2 Å². The van der Waals surface area contributed by atoms with Gasteiger partial charge in [-0.2, -0.15) is 5.10 Å². The minimum absolute atomic E-state index is 0.186. The smallest absolute Gasteiger partial charge is 0.254 e. The van der Waals surface area contributed by atoms with Gasteiger partial charge in [-0.3, -0.25) is 9.48 Å². The Labute approximate surface area is 132 Å². The zero-order valence-corrected chi connectivity index (χ0v) is 12.4. The van der Waals surface area contributed by atoms with Crippen LogP contribution in [0.4, 0.5) is 5.82 Å². The molecule has 0 saturated heterocycles. The maximum atomic E-state index is 11.6. The molecule has 1 aromatic carbocycles. The van der Waals surface area contributed by atoms with E-state index in [1.807, 2.05) is 30.3 Å². The van der Waals surface area contributed by atoms with Gasteiger partial charge in [0.05, 0.1) is 0 Å². The van der Waals surface area contributed by atoms with Gasteiger partial charge in [0.2, 0.25) is 5.88 Å². The van der Waals surface area contributed by atoms with Crippen molar-refractivity contribution in [1.29, 1.82) is 0 Å². The second-order valence-corrected chi connectivity index (χ2v) is 4.90. The van der Waals surface area contributed by atoms with Gasteiger partial charge in [-0.25, -0.2) is 4.98 Å². The molecule has 7 heteroatoms. The number of para-hydroxylation sites is 1. The molecule has 4 N–H and O–H groups in total. The highest BCUT2D eigenvalue weighted by atomic mass is 16.5. The minimum atomic E-state index is -0.629. The Balaban J connectivity index is 1.91. The fourth-order valence-corrected chi connectivity index (χ4v) is 2.17. The Morgan fingerprint density at radius 3 is 2.52 bits per heavy atom. The number of aromatic nitrogens is 3. The number of carbonyl (C=O) groups is 1. The average Bonchev–Trinajstić information content (AvgIpc) is 2.85. The number of nitrogens with two attached hydrogens (primary N) is 2. The molecule has 2 aromatic heterocycles. The zero-order chi connectivity index (χ0) is 16.4. The zero-order valence-electron chi connectivity index (χ0n) is 12.4. The first-order valence-corrected chi connectivity index (χ1v) is 6.88. The van der Waals surface area contributed by atoms with Gasteiger partial charge in [-0.1, -0.05) is 18.2 Å². The van der Waals surface area contributed by atoms with Crippen molar-refractivity contribution >= 4 is 11.7 Å². The fourth-order valence-electron chi connectivity index (χ4n) is 2.17. The van der Waals surface area contributed by atoms with Gasteiger partial charge in [-0.05, 0) is 18.2 Å². The molecule has 0 unspecified atom stereocenters. The number of hydrogen-bond acceptors (Lipinski definition) is 5. The number of nitrogens with zero attached hydrogens (tertiary/aromatic N) is 3. The minimum Gasteiger partial charge on any atom is -0.439 e. The summed E-state index contributed by atoms with van der Waals surface area (Å²) in [6.45, 7) is 0. The molecular formula is C16H15N5O2. The summed E-state index contributed by atoms with van der Waals surface area (Å²) < 4.78 is 7.03. The van der Waals surface area contributed by atoms with E-state index in [-0.39, 0.29) is 11.4 Å². The van der Waals surface area contributed by atoms with Gasteiger partial charge in [0.1, 0.15) is 22.8 Å². The van der Waals surface area contributed by atoms with Gasteiger partial charge in [0.15, 0.2) is 0 Å². The highest BCUT2D eigenvalue weighted by molar-refractivity contribution is 6.03. The molecule has 3 rings (SSSR count). The third kappa shape index (κ3) is 2.84. The van der Waals surface area contributed by atoms with E-state index in [0.717, 1.165) is 0 Å². The monoisotopic (exact) mass is 309 g/mol. The summed E-state index contributed by atoms with van der Waals surface area (Å²) in [5.41, 5.74) is 12.4. The van der Waals surface area contributed by atoms with E-state index >= 15 is 0 Å². The number of hydrogen-bond donors (Lipinski definition) is 2. The van der Waals surface area contributed by atoms with Crippen LogP contribution in [0.3, 0.4) is 0 Å². The van der Waals surface area contributed by atoms with Gasteiger partial charge in [0, 0.05) is 24.9 Å². The maximum absolute atomic E-state index is 11.6. The van der Waals surface area contributed by atoms with E-state index < -0.39 is 5.91 Å². The largest absolute Gasteiger partial charge is 0.439 e. The van der Waals surface area contributed by atoms with Crippen LogP contribution in [0.25, 0.3) is 11.3 Å². The highest BCUT2D eigenvalue weighted by Crippen LogP contribution is 2.27. The van der Waals surface area contributed by atoms with Crippen molar-refractivity contribution in [1.82, 2.24) is 14.8 Å². The molecule has 0 aliphatic carbocycles. The number of ether oxygens (including phenoxy) is 1. The Hall–Kier alpha value is -3.35. The van der Waals surface area contributed by atoms with Crippen LogP contribution in [-0.2, 0) is 7.05 Å². The van der Waals surface area contributed by atoms with Crippen LogP contribution in [0.5, 0.6) is 11.6 Å². The average molecular weight is 309 g/mol. The fraction of sp³-hybridized carbons (Fsp3) is 0.0625. The molecule has 23 heavy (non-hydrogen) atoms. The van der Waals surface area contributed by atoms with Crippen LogP contribution in [0.2, 0.25) is 0 Å². The molecule has 3 aromatic rings. The number of aryl methyl sites for hydroxylation is 1. The van der Waals surface area contributed by atoms with Crippen molar-refractivity contribution in [3.8, 4) is 22.9 Å². The molecule has 0 saturated carbocycles. The van der Waals surface area contributed by atoms with E-state index in [2.05, 4.69) is 10.1 Å². The number of carbonyl (C=O) groups excluding carboxylic acids is 1. The quantitative estimate of drug-likeness (QED) is 0.765. The summed E-state index contributed by atoms with van der Waals surface area (Å²) in [6, 6.07) is 12.8. The predicted octanol–water partition coefficient (Wildman–Crippen LogP) is 1.96. The predicted molar refractivity (Wildman–Crippen MR) is 85.9 cm³/mol. The van der Waals surface area contributed by atoms with Crippen molar-refractivity contribution in [2.75, 3.05) is 5.73 Å². The van der Waals surface area contributed by atoms with Crippen LogP contribution in [0.15, 0.2) is 48.7 Å². The van der Waals surface area contributed by atoms with Crippen molar-refractivity contribution in [3.63, 3.8) is 0 Å². The van der Waals surface area contributed by atoms with Gasteiger partial charge in [0.25, 0.3) is 5.91 Å². The topological polar surface area (TPSA) is 109 Å². The second-order valence-electron chi connectivity index (χ2n) is 4.90. The molecule has 0 fully saturated rings. The lowest BCUT2D eigenvalue weighted by Crippen LogP contribution is -2.14. The summed E-state index contributed by atoms with van der Waals surface area (Å²) >= 11 is 0. The van der Waals surface area contributed by atoms with E-state index in [0.29, 0.717) is 22.9 Å². The molecule has 0 atom stereocenters. The van der Waals surface area contributed by atoms with E-state index in [1.54, 1.807) is 25.4 Å². The van der Waals surface area contributed by atoms with Gasteiger partial charge in [-0.15, -0.1) is 0 Å². The number of primary amides is 1. The van der Waals surface area contributed by atoms with Gasteiger partial charge >= 0.3 is 0 Å². The lowest BCUT2D eigenvalue weighted by molar-refractivity contribution is 0.100. The summed E-state index contributed by atoms with van der Waals surface area (Å²) in [7, 11) is 1.64. The first-order valence-electron chi connectivity index (χ1n) is 6.88. The molecule has 1 amide bonds. The molecule has 0 spiro atoms. The molecule has 0 aliphatic heterocycles. The molecular weight excluding hydrogens is 294 g/mol. The number of pyridine rings is 1. The first-order chi connectivity index (χ1) is 11.1. The van der Waals surface area contributed by atoms with E-state index in [9.17, 15) is 4.79 Å². The Bertz CT molecular complexity index is 841. The number of nitrogen functional groups attached to an aromatic ring is 1. The Morgan fingerprint density at radius 2 is 1.91 bits per heavy atom. The van der Waals surface area contributed by atoms with Crippen LogP contribution in [0, 0.1) is 0 Å². The number of benzene rings is 1. The standard InChI is InChI=1S/C16H15N5O2/c1-21-15(17)13(16(18)22)14(20-21)10-7-8-12(19-9-10)23-11-5-3-2-4-6-11/h2-9H,17H2,1H3,(H2,18,22). The van der Waals surface area contributed by atoms with Crippen LogP contribution in [-0.4, -0.2) is 20.7 Å². The third-order valence-electron chi connectivity index (χ3n) is 3.31. The summed E-state index contributed by atoms with van der Waals surface area (Å²) in [4.78, 5) is 15.8. The van der Waals surface area contributed by atoms with Crippen molar-refractivity contribution in [2.24, 2.45) is 12.8 Å². The number of anilines is 1. The lowest BCUT2D eigenvalue weighted by Gasteiger charge is -2.05. The van der Waals surface area contributed by atoms with E-state index in [1.165, 1.54) is 4.68 Å². The Kier molecular flexibility index (Phi) is 3.68. The Morgan fingerprint density at radius 1 is 1.17 bits per heavy atom. The molecule has 0 aliphatic rings. The van der Waals surface area contributed by atoms with Crippen LogP contribution in [0.1, 0.15) is 10.4 Å². The van der Waals surface area contributed by atoms with Crippen molar-refractivity contribution < 1.29 is 9.53 Å². The van der Waals surface area contributed by atoms with Crippen molar-refractivity contribution in [3.05, 3.63) is 54.2 Å². The molecule has 0 bridgehead atoms. The highest BCUT2D eigenvalue weighted by Gasteiger charge is 2.20. The lowest BCUT2D eigenvalue weighted by atomic mass is 10.1. The first kappa shape index (κ1) is 14.6.